The first-order valence-corrected chi connectivity index (χ1v) is 6.80. The Morgan fingerprint density at radius 1 is 1.11 bits per heavy atom. The molecule has 0 radical (unpaired) electrons. The summed E-state index contributed by atoms with van der Waals surface area (Å²) in [4.78, 5) is 12.3. The van der Waals surface area contributed by atoms with Gasteiger partial charge in [-0.15, -0.1) is 0 Å². The second-order valence-electron chi connectivity index (χ2n) is 4.10. The molecule has 0 atom stereocenters. The minimum atomic E-state index is -0.159. The maximum absolute atomic E-state index is 12.3. The summed E-state index contributed by atoms with van der Waals surface area (Å²) in [7, 11) is 0. The van der Waals surface area contributed by atoms with Crippen LogP contribution in [0.15, 0.2) is 57.4 Å². The number of benzene rings is 2. The van der Waals surface area contributed by atoms with Crippen molar-refractivity contribution in [2.75, 3.05) is 0 Å². The molecule has 0 spiro atoms. The van der Waals surface area contributed by atoms with Gasteiger partial charge in [-0.2, -0.15) is 0 Å². The van der Waals surface area contributed by atoms with Gasteiger partial charge < -0.3 is 4.42 Å². The maximum Gasteiger partial charge on any atom is 0.228 e. The third-order valence-electron chi connectivity index (χ3n) is 2.82. The quantitative estimate of drug-likeness (QED) is 0.611. The van der Waals surface area contributed by atoms with Crippen LogP contribution in [-0.2, 0) is 0 Å². The van der Waals surface area contributed by atoms with Gasteiger partial charge >= 0.3 is 0 Å². The number of rotatable bonds is 2. The number of halogens is 2. The molecule has 3 aromatic rings. The molecule has 0 saturated heterocycles. The lowest BCUT2D eigenvalue weighted by Crippen LogP contribution is -1.98. The summed E-state index contributed by atoms with van der Waals surface area (Å²) in [5.74, 6) is 0.134. The zero-order chi connectivity index (χ0) is 13.4. The van der Waals surface area contributed by atoms with E-state index in [9.17, 15) is 4.79 Å². The summed E-state index contributed by atoms with van der Waals surface area (Å²) in [6.45, 7) is 0. The molecule has 2 aromatic carbocycles. The summed E-state index contributed by atoms with van der Waals surface area (Å²) >= 11 is 9.41. The zero-order valence-corrected chi connectivity index (χ0v) is 12.0. The molecule has 0 aliphatic rings. The first-order chi connectivity index (χ1) is 9.15. The first kappa shape index (κ1) is 12.5. The molecular weight excluding hydrogens is 328 g/mol. The maximum atomic E-state index is 12.3. The van der Waals surface area contributed by atoms with Gasteiger partial charge in [0.1, 0.15) is 5.58 Å². The third-order valence-corrected chi connectivity index (χ3v) is 3.64. The minimum Gasteiger partial charge on any atom is -0.453 e. The second kappa shape index (κ2) is 4.83. The number of ketones is 1. The summed E-state index contributed by atoms with van der Waals surface area (Å²) < 4.78 is 6.41. The van der Waals surface area contributed by atoms with Crippen LogP contribution in [0.4, 0.5) is 0 Å². The molecule has 1 heterocycles. The summed E-state index contributed by atoms with van der Waals surface area (Å²) in [6.07, 6.45) is 0. The fourth-order valence-electron chi connectivity index (χ4n) is 1.91. The van der Waals surface area contributed by atoms with Crippen molar-refractivity contribution in [3.05, 3.63) is 69.3 Å². The Hall–Kier alpha value is -1.58. The van der Waals surface area contributed by atoms with Gasteiger partial charge in [0, 0.05) is 15.4 Å². The van der Waals surface area contributed by atoms with E-state index in [-0.39, 0.29) is 5.78 Å². The lowest BCUT2D eigenvalue weighted by molar-refractivity contribution is 0.101. The van der Waals surface area contributed by atoms with Gasteiger partial charge in [0.05, 0.1) is 5.02 Å². The fraction of sp³-hybridized carbons (Fsp3) is 0. The highest BCUT2D eigenvalue weighted by molar-refractivity contribution is 9.10. The number of carbonyl (C=O) groups excluding carboxylic acids is 1. The molecule has 2 nitrogen and oxygen atoms in total. The van der Waals surface area contributed by atoms with Gasteiger partial charge in [-0.05, 0) is 30.3 Å². The van der Waals surface area contributed by atoms with Gasteiger partial charge in [-0.3, -0.25) is 4.79 Å². The van der Waals surface area contributed by atoms with Gasteiger partial charge in [-0.25, -0.2) is 0 Å². The van der Waals surface area contributed by atoms with Crippen molar-refractivity contribution in [1.82, 2.24) is 0 Å². The number of fused-ring (bicyclic) bond motifs is 1. The van der Waals surface area contributed by atoms with Crippen LogP contribution in [0.2, 0.25) is 5.02 Å². The molecule has 0 aliphatic heterocycles. The molecule has 0 aliphatic carbocycles. The number of carbonyl (C=O) groups is 1. The summed E-state index contributed by atoms with van der Waals surface area (Å²) in [5, 5.41) is 1.33. The number of hydrogen-bond acceptors (Lipinski definition) is 2. The summed E-state index contributed by atoms with van der Waals surface area (Å²) in [5.41, 5.74) is 1.19. The third kappa shape index (κ3) is 2.31. The van der Waals surface area contributed by atoms with E-state index in [1.165, 1.54) is 0 Å². The van der Waals surface area contributed by atoms with E-state index in [0.29, 0.717) is 21.9 Å². The van der Waals surface area contributed by atoms with Crippen molar-refractivity contribution in [2.24, 2.45) is 0 Å². The minimum absolute atomic E-state index is 0.159. The van der Waals surface area contributed by atoms with E-state index in [2.05, 4.69) is 15.9 Å². The van der Waals surface area contributed by atoms with Crippen molar-refractivity contribution in [1.29, 1.82) is 0 Å². The van der Waals surface area contributed by atoms with E-state index < -0.39 is 0 Å². The fourth-order valence-corrected chi connectivity index (χ4v) is 2.53. The molecule has 0 N–H and O–H groups in total. The van der Waals surface area contributed by atoms with E-state index in [1.807, 2.05) is 12.1 Å². The molecule has 0 unspecified atom stereocenters. The SMILES string of the molecule is O=C(c1cccc(Br)c1)c1cc2c(Cl)cccc2o1. The van der Waals surface area contributed by atoms with E-state index in [1.54, 1.807) is 36.4 Å². The first-order valence-electron chi connectivity index (χ1n) is 5.63. The second-order valence-corrected chi connectivity index (χ2v) is 5.42. The van der Waals surface area contributed by atoms with Crippen LogP contribution in [0.25, 0.3) is 11.0 Å². The molecule has 1 aromatic heterocycles. The Labute approximate surface area is 123 Å². The highest BCUT2D eigenvalue weighted by atomic mass is 79.9. The Morgan fingerprint density at radius 3 is 2.63 bits per heavy atom. The molecule has 0 bridgehead atoms. The van der Waals surface area contributed by atoms with E-state index in [4.69, 9.17) is 16.0 Å². The van der Waals surface area contributed by atoms with Crippen LogP contribution < -0.4 is 0 Å². The van der Waals surface area contributed by atoms with Gasteiger partial charge in [0.15, 0.2) is 5.76 Å². The van der Waals surface area contributed by atoms with Crippen LogP contribution >= 0.6 is 27.5 Å². The van der Waals surface area contributed by atoms with Crippen LogP contribution in [-0.4, -0.2) is 5.78 Å². The molecule has 4 heteroatoms. The molecule has 0 fully saturated rings. The Bertz CT molecular complexity index is 777. The van der Waals surface area contributed by atoms with Crippen LogP contribution in [0, 0.1) is 0 Å². The monoisotopic (exact) mass is 334 g/mol. The van der Waals surface area contributed by atoms with Crippen LogP contribution in [0.3, 0.4) is 0 Å². The average molecular weight is 336 g/mol. The van der Waals surface area contributed by atoms with Crippen LogP contribution in [0.5, 0.6) is 0 Å². The number of hydrogen-bond donors (Lipinski definition) is 0. The average Bonchev–Trinajstić information content (AvgIpc) is 2.83. The van der Waals surface area contributed by atoms with Gasteiger partial charge in [-0.1, -0.05) is 45.7 Å². The highest BCUT2D eigenvalue weighted by Gasteiger charge is 2.15. The topological polar surface area (TPSA) is 30.2 Å². The molecule has 94 valence electrons. The van der Waals surface area contributed by atoms with Crippen molar-refractivity contribution >= 4 is 44.3 Å². The van der Waals surface area contributed by atoms with Gasteiger partial charge in [0.2, 0.25) is 5.78 Å². The molecule has 19 heavy (non-hydrogen) atoms. The zero-order valence-electron chi connectivity index (χ0n) is 9.69. The largest absolute Gasteiger partial charge is 0.453 e. The molecule has 0 saturated carbocycles. The van der Waals surface area contributed by atoms with Crippen molar-refractivity contribution in [3.8, 4) is 0 Å². The van der Waals surface area contributed by atoms with E-state index in [0.717, 1.165) is 9.86 Å². The van der Waals surface area contributed by atoms with Crippen molar-refractivity contribution < 1.29 is 9.21 Å². The molecule has 3 rings (SSSR count). The van der Waals surface area contributed by atoms with Crippen LogP contribution in [0.1, 0.15) is 16.1 Å². The molecular formula is C15H8BrClO2. The Kier molecular flexibility index (Phi) is 3.17. The lowest BCUT2D eigenvalue weighted by atomic mass is 10.1. The van der Waals surface area contributed by atoms with Crippen molar-refractivity contribution in [2.45, 2.75) is 0 Å². The normalized spacial score (nSPS) is 10.8. The molecule has 0 amide bonds. The smallest absolute Gasteiger partial charge is 0.228 e. The number of furan rings is 1. The van der Waals surface area contributed by atoms with Crippen molar-refractivity contribution in [3.63, 3.8) is 0 Å². The lowest BCUT2D eigenvalue weighted by Gasteiger charge is -1.97. The standard InChI is InChI=1S/C15H8BrClO2/c16-10-4-1-3-9(7-10)15(18)14-8-11-12(17)5-2-6-13(11)19-14/h1-8H. The summed E-state index contributed by atoms with van der Waals surface area (Å²) in [6, 6.07) is 14.2. The predicted octanol–water partition coefficient (Wildman–Crippen LogP) is 5.08. The highest BCUT2D eigenvalue weighted by Crippen LogP contribution is 2.28. The Morgan fingerprint density at radius 2 is 1.89 bits per heavy atom. The van der Waals surface area contributed by atoms with Gasteiger partial charge in [0.25, 0.3) is 0 Å². The predicted molar refractivity (Wildman–Crippen MR) is 78.8 cm³/mol. The van der Waals surface area contributed by atoms with E-state index >= 15 is 0 Å². The Balaban J connectivity index is 2.09.